The number of benzene rings is 5. The summed E-state index contributed by atoms with van der Waals surface area (Å²) in [4.78, 5) is 4.39. The molecule has 1 nitrogen and oxygen atoms in total. The topological polar surface area (TPSA) is 12.9 Å². The van der Waals surface area contributed by atoms with Crippen molar-refractivity contribution >= 4 is 21.5 Å². The molecule has 1 aromatic heterocycles. The van der Waals surface area contributed by atoms with Gasteiger partial charge in [-0.25, -0.2) is 0 Å². The Bertz CT molecular complexity index is 1480. The standard InChI is InChI=1S/C31H21N/c1-2-9-22(10-3-1)23-16-18-24(19-17-23)30-26-12-4-6-14-28(26)31(25-11-8-20-32-21-25)29-15-7-5-13-27(29)30/h1-21H. The molecule has 0 radical (unpaired) electrons. The minimum Gasteiger partial charge on any atom is -0.264 e. The molecule has 0 spiro atoms. The van der Waals surface area contributed by atoms with Crippen LogP contribution in [-0.4, -0.2) is 4.98 Å². The molecular weight excluding hydrogens is 386 g/mol. The summed E-state index contributed by atoms with van der Waals surface area (Å²) in [5.74, 6) is 0. The van der Waals surface area contributed by atoms with Crippen molar-refractivity contribution < 1.29 is 0 Å². The smallest absolute Gasteiger partial charge is 0.0346 e. The van der Waals surface area contributed by atoms with Gasteiger partial charge in [-0.1, -0.05) is 109 Å². The molecule has 0 aliphatic rings. The van der Waals surface area contributed by atoms with Crippen molar-refractivity contribution in [1.29, 1.82) is 0 Å². The molecule has 0 fully saturated rings. The Kier molecular flexibility index (Phi) is 4.51. The summed E-state index contributed by atoms with van der Waals surface area (Å²) in [6, 6.07) is 41.1. The van der Waals surface area contributed by atoms with Crippen LogP contribution in [0.5, 0.6) is 0 Å². The lowest BCUT2D eigenvalue weighted by Crippen LogP contribution is -1.91. The zero-order valence-corrected chi connectivity index (χ0v) is 17.6. The lowest BCUT2D eigenvalue weighted by molar-refractivity contribution is 1.33. The van der Waals surface area contributed by atoms with E-state index in [4.69, 9.17) is 0 Å². The van der Waals surface area contributed by atoms with Gasteiger partial charge in [0.1, 0.15) is 0 Å². The minimum atomic E-state index is 1.14. The summed E-state index contributed by atoms with van der Waals surface area (Å²) in [5, 5.41) is 5.03. The average molecular weight is 408 g/mol. The van der Waals surface area contributed by atoms with E-state index >= 15 is 0 Å². The van der Waals surface area contributed by atoms with E-state index in [0.717, 1.165) is 5.56 Å². The number of hydrogen-bond donors (Lipinski definition) is 0. The van der Waals surface area contributed by atoms with Gasteiger partial charge in [0.25, 0.3) is 0 Å². The fourth-order valence-electron chi connectivity index (χ4n) is 4.72. The van der Waals surface area contributed by atoms with Gasteiger partial charge in [0, 0.05) is 18.0 Å². The molecule has 5 aromatic carbocycles. The van der Waals surface area contributed by atoms with Crippen LogP contribution in [0.2, 0.25) is 0 Å². The van der Waals surface area contributed by atoms with Crippen LogP contribution in [0, 0.1) is 0 Å². The fourth-order valence-corrected chi connectivity index (χ4v) is 4.72. The quantitative estimate of drug-likeness (QED) is 0.268. The van der Waals surface area contributed by atoms with Crippen LogP contribution in [0.4, 0.5) is 0 Å². The Labute approximate surface area is 187 Å². The van der Waals surface area contributed by atoms with Crippen molar-refractivity contribution in [1.82, 2.24) is 4.98 Å². The number of hydrogen-bond acceptors (Lipinski definition) is 1. The molecule has 150 valence electrons. The van der Waals surface area contributed by atoms with E-state index in [1.807, 2.05) is 18.5 Å². The minimum absolute atomic E-state index is 1.14. The van der Waals surface area contributed by atoms with E-state index < -0.39 is 0 Å². The molecule has 0 saturated heterocycles. The molecule has 0 saturated carbocycles. The highest BCUT2D eigenvalue weighted by Gasteiger charge is 2.16. The lowest BCUT2D eigenvalue weighted by Gasteiger charge is -2.17. The zero-order valence-electron chi connectivity index (χ0n) is 17.6. The van der Waals surface area contributed by atoms with E-state index in [1.54, 1.807) is 0 Å². The molecule has 0 atom stereocenters. The first-order chi connectivity index (χ1) is 15.9. The Balaban J connectivity index is 1.65. The molecule has 0 aliphatic carbocycles. The molecule has 0 bridgehead atoms. The maximum Gasteiger partial charge on any atom is 0.0346 e. The van der Waals surface area contributed by atoms with E-state index in [2.05, 4.69) is 114 Å². The van der Waals surface area contributed by atoms with Crippen LogP contribution < -0.4 is 0 Å². The summed E-state index contributed by atoms with van der Waals surface area (Å²) in [7, 11) is 0. The van der Waals surface area contributed by atoms with Gasteiger partial charge in [-0.3, -0.25) is 4.98 Å². The third-order valence-corrected chi connectivity index (χ3v) is 6.16. The molecule has 0 aliphatic heterocycles. The van der Waals surface area contributed by atoms with Gasteiger partial charge in [0.15, 0.2) is 0 Å². The summed E-state index contributed by atoms with van der Waals surface area (Å²) in [6.07, 6.45) is 3.79. The van der Waals surface area contributed by atoms with Crippen molar-refractivity contribution in [3.63, 3.8) is 0 Å². The molecule has 0 N–H and O–H groups in total. The number of nitrogens with zero attached hydrogens (tertiary/aromatic N) is 1. The van der Waals surface area contributed by atoms with Gasteiger partial charge >= 0.3 is 0 Å². The largest absolute Gasteiger partial charge is 0.264 e. The number of pyridine rings is 1. The van der Waals surface area contributed by atoms with Gasteiger partial charge in [0.2, 0.25) is 0 Å². The van der Waals surface area contributed by atoms with Crippen LogP contribution in [-0.2, 0) is 0 Å². The molecule has 6 aromatic rings. The highest BCUT2D eigenvalue weighted by atomic mass is 14.6. The fraction of sp³-hybridized carbons (Fsp3) is 0. The molecule has 6 rings (SSSR count). The summed E-state index contributed by atoms with van der Waals surface area (Å²) < 4.78 is 0. The second kappa shape index (κ2) is 7.79. The first-order valence-electron chi connectivity index (χ1n) is 10.9. The van der Waals surface area contributed by atoms with E-state index in [9.17, 15) is 0 Å². The van der Waals surface area contributed by atoms with Crippen molar-refractivity contribution in [3.05, 3.63) is 128 Å². The molecular formula is C31H21N. The second-order valence-electron chi connectivity index (χ2n) is 8.03. The Morgan fingerprint density at radius 3 is 1.31 bits per heavy atom. The number of aromatic nitrogens is 1. The van der Waals surface area contributed by atoms with Gasteiger partial charge < -0.3 is 0 Å². The predicted octanol–water partition coefficient (Wildman–Crippen LogP) is 8.39. The third kappa shape index (κ3) is 3.07. The van der Waals surface area contributed by atoms with Crippen molar-refractivity contribution in [2.45, 2.75) is 0 Å². The molecule has 32 heavy (non-hydrogen) atoms. The van der Waals surface area contributed by atoms with Crippen molar-refractivity contribution in [3.8, 4) is 33.4 Å². The second-order valence-corrected chi connectivity index (χ2v) is 8.03. The van der Waals surface area contributed by atoms with Crippen LogP contribution in [0.3, 0.4) is 0 Å². The average Bonchev–Trinajstić information content (AvgIpc) is 2.88. The van der Waals surface area contributed by atoms with Gasteiger partial charge in [-0.2, -0.15) is 0 Å². The van der Waals surface area contributed by atoms with E-state index in [0.29, 0.717) is 0 Å². The molecule has 1 heteroatoms. The van der Waals surface area contributed by atoms with Crippen LogP contribution in [0.1, 0.15) is 0 Å². The molecule has 0 unspecified atom stereocenters. The van der Waals surface area contributed by atoms with E-state index in [1.165, 1.54) is 49.4 Å². The zero-order chi connectivity index (χ0) is 21.3. The number of fused-ring (bicyclic) bond motifs is 2. The maximum absolute atomic E-state index is 4.39. The third-order valence-electron chi connectivity index (χ3n) is 6.16. The van der Waals surface area contributed by atoms with Crippen LogP contribution >= 0.6 is 0 Å². The lowest BCUT2D eigenvalue weighted by atomic mass is 9.86. The summed E-state index contributed by atoms with van der Waals surface area (Å²) in [5.41, 5.74) is 7.37. The number of rotatable bonds is 3. The Morgan fingerprint density at radius 2 is 0.781 bits per heavy atom. The SMILES string of the molecule is c1ccc(-c2ccc(-c3c4ccccc4c(-c4cccnc4)c4ccccc34)cc2)cc1. The van der Waals surface area contributed by atoms with Gasteiger partial charge in [-0.15, -0.1) is 0 Å². The van der Waals surface area contributed by atoms with Gasteiger partial charge in [-0.05, 0) is 55.4 Å². The Hall–Kier alpha value is -4.23. The van der Waals surface area contributed by atoms with Crippen LogP contribution in [0.25, 0.3) is 54.9 Å². The Morgan fingerprint density at radius 1 is 0.344 bits per heavy atom. The monoisotopic (exact) mass is 407 g/mol. The summed E-state index contributed by atoms with van der Waals surface area (Å²) in [6.45, 7) is 0. The molecule has 1 heterocycles. The van der Waals surface area contributed by atoms with E-state index in [-0.39, 0.29) is 0 Å². The maximum atomic E-state index is 4.39. The van der Waals surface area contributed by atoms with Crippen molar-refractivity contribution in [2.24, 2.45) is 0 Å². The first kappa shape index (κ1) is 18.5. The van der Waals surface area contributed by atoms with Crippen molar-refractivity contribution in [2.75, 3.05) is 0 Å². The summed E-state index contributed by atoms with van der Waals surface area (Å²) >= 11 is 0. The highest BCUT2D eigenvalue weighted by molar-refractivity contribution is 6.21. The predicted molar refractivity (Wildman–Crippen MR) is 136 cm³/mol. The van der Waals surface area contributed by atoms with Crippen LogP contribution in [0.15, 0.2) is 128 Å². The molecule has 0 amide bonds. The van der Waals surface area contributed by atoms with Gasteiger partial charge in [0.05, 0.1) is 0 Å². The normalized spacial score (nSPS) is 11.1. The highest BCUT2D eigenvalue weighted by Crippen LogP contribution is 2.43. The first-order valence-corrected chi connectivity index (χ1v) is 10.9.